The molecule has 0 aliphatic rings. The van der Waals surface area contributed by atoms with Crippen LogP contribution in [0.1, 0.15) is 26.2 Å². The highest BCUT2D eigenvalue weighted by atomic mass is 19.1. The molecule has 1 rings (SSSR count). The molecule has 0 spiro atoms. The molecule has 0 amide bonds. The predicted molar refractivity (Wildman–Crippen MR) is 63.1 cm³/mol. The number of nitrogens with zero attached hydrogens (tertiary/aromatic N) is 1. The van der Waals surface area contributed by atoms with Gasteiger partial charge in [-0.25, -0.2) is 4.39 Å². The number of nitro groups is 1. The minimum Gasteiger partial charge on any atom is -0.485 e. The SMILES string of the molecule is CCC(=O)CCCOc1c(F)cccc1[N+](=O)[O-]. The van der Waals surface area contributed by atoms with Crippen molar-refractivity contribution >= 4 is 11.5 Å². The Balaban J connectivity index is 2.61. The summed E-state index contributed by atoms with van der Waals surface area (Å²) in [7, 11) is 0. The smallest absolute Gasteiger partial charge is 0.314 e. The number of ketones is 1. The minimum atomic E-state index is -0.772. The van der Waals surface area contributed by atoms with Crippen LogP contribution in [0.3, 0.4) is 0 Å². The van der Waals surface area contributed by atoms with Crippen molar-refractivity contribution in [3.05, 3.63) is 34.1 Å². The number of rotatable bonds is 7. The molecule has 0 N–H and O–H groups in total. The van der Waals surface area contributed by atoms with Crippen molar-refractivity contribution in [2.45, 2.75) is 26.2 Å². The lowest BCUT2D eigenvalue weighted by Gasteiger charge is -2.07. The highest BCUT2D eigenvalue weighted by Gasteiger charge is 2.19. The highest BCUT2D eigenvalue weighted by molar-refractivity contribution is 5.77. The fraction of sp³-hybridized carbons (Fsp3) is 0.417. The van der Waals surface area contributed by atoms with Crippen LogP contribution in [-0.2, 0) is 4.79 Å². The van der Waals surface area contributed by atoms with Crippen LogP contribution in [0.2, 0.25) is 0 Å². The van der Waals surface area contributed by atoms with Gasteiger partial charge in [-0.1, -0.05) is 13.0 Å². The minimum absolute atomic E-state index is 0.0769. The Morgan fingerprint density at radius 2 is 2.22 bits per heavy atom. The maximum absolute atomic E-state index is 13.4. The lowest BCUT2D eigenvalue weighted by molar-refractivity contribution is -0.386. The molecule has 0 saturated carbocycles. The van der Waals surface area contributed by atoms with Crippen LogP contribution in [0.5, 0.6) is 5.75 Å². The summed E-state index contributed by atoms with van der Waals surface area (Å²) in [5.74, 6) is -1.06. The average Bonchev–Trinajstić information content (AvgIpc) is 2.35. The first-order chi connectivity index (χ1) is 8.56. The third kappa shape index (κ3) is 3.80. The maximum atomic E-state index is 13.4. The molecule has 6 heteroatoms. The van der Waals surface area contributed by atoms with Gasteiger partial charge in [0.1, 0.15) is 5.78 Å². The molecule has 0 unspecified atom stereocenters. The number of hydrogen-bond acceptors (Lipinski definition) is 4. The molecule has 0 fully saturated rings. The molecule has 0 atom stereocenters. The van der Waals surface area contributed by atoms with E-state index in [-0.39, 0.29) is 18.1 Å². The van der Waals surface area contributed by atoms with Crippen LogP contribution in [0.4, 0.5) is 10.1 Å². The number of carbonyl (C=O) groups is 1. The lowest BCUT2D eigenvalue weighted by Crippen LogP contribution is -2.05. The Morgan fingerprint density at radius 1 is 1.50 bits per heavy atom. The highest BCUT2D eigenvalue weighted by Crippen LogP contribution is 2.29. The first kappa shape index (κ1) is 14.1. The Labute approximate surface area is 104 Å². The van der Waals surface area contributed by atoms with E-state index in [0.717, 1.165) is 6.07 Å². The molecule has 0 aromatic heterocycles. The monoisotopic (exact) mass is 255 g/mol. The first-order valence-electron chi connectivity index (χ1n) is 5.63. The van der Waals surface area contributed by atoms with Gasteiger partial charge in [0.05, 0.1) is 11.5 Å². The van der Waals surface area contributed by atoms with Gasteiger partial charge >= 0.3 is 5.69 Å². The van der Waals surface area contributed by atoms with Crippen LogP contribution in [-0.4, -0.2) is 17.3 Å². The fourth-order valence-corrected chi connectivity index (χ4v) is 1.40. The van der Waals surface area contributed by atoms with Crippen molar-refractivity contribution in [1.82, 2.24) is 0 Å². The summed E-state index contributed by atoms with van der Waals surface area (Å²) in [6.45, 7) is 1.83. The summed E-state index contributed by atoms with van der Waals surface area (Å²) in [5.41, 5.74) is -0.406. The van der Waals surface area contributed by atoms with Gasteiger partial charge in [0, 0.05) is 18.9 Å². The van der Waals surface area contributed by atoms with Gasteiger partial charge in [-0.2, -0.15) is 0 Å². The second-order valence-corrected chi connectivity index (χ2v) is 3.69. The Morgan fingerprint density at radius 3 is 2.83 bits per heavy atom. The molecular weight excluding hydrogens is 241 g/mol. The number of Topliss-reactive ketones (excluding diaryl/α,β-unsaturated/α-hetero) is 1. The molecular formula is C12H14FNO4. The zero-order chi connectivity index (χ0) is 13.5. The summed E-state index contributed by atoms with van der Waals surface area (Å²) in [4.78, 5) is 21.0. The summed E-state index contributed by atoms with van der Waals surface area (Å²) in [6, 6.07) is 3.52. The van der Waals surface area contributed by atoms with E-state index in [1.54, 1.807) is 6.92 Å². The van der Waals surface area contributed by atoms with E-state index in [2.05, 4.69) is 0 Å². The van der Waals surface area contributed by atoms with Gasteiger partial charge in [0.15, 0.2) is 5.82 Å². The van der Waals surface area contributed by atoms with E-state index in [0.29, 0.717) is 19.3 Å². The molecule has 0 heterocycles. The van der Waals surface area contributed by atoms with Crippen LogP contribution < -0.4 is 4.74 Å². The molecule has 0 radical (unpaired) electrons. The molecule has 0 aliphatic carbocycles. The molecule has 0 aliphatic heterocycles. The molecule has 0 bridgehead atoms. The normalized spacial score (nSPS) is 10.1. The number of benzene rings is 1. The van der Waals surface area contributed by atoms with Crippen LogP contribution in [0.25, 0.3) is 0 Å². The van der Waals surface area contributed by atoms with Gasteiger partial charge < -0.3 is 4.74 Å². The molecule has 1 aromatic carbocycles. The topological polar surface area (TPSA) is 69.4 Å². The van der Waals surface area contributed by atoms with Gasteiger partial charge in [-0.15, -0.1) is 0 Å². The molecule has 5 nitrogen and oxygen atoms in total. The van der Waals surface area contributed by atoms with Crippen LogP contribution >= 0.6 is 0 Å². The van der Waals surface area contributed by atoms with E-state index in [4.69, 9.17) is 4.74 Å². The quantitative estimate of drug-likeness (QED) is 0.426. The molecule has 18 heavy (non-hydrogen) atoms. The zero-order valence-corrected chi connectivity index (χ0v) is 10.0. The van der Waals surface area contributed by atoms with Crippen molar-refractivity contribution < 1.29 is 18.8 Å². The van der Waals surface area contributed by atoms with Crippen LogP contribution in [0.15, 0.2) is 18.2 Å². The van der Waals surface area contributed by atoms with Crippen molar-refractivity contribution in [3.63, 3.8) is 0 Å². The second kappa shape index (κ2) is 6.68. The maximum Gasteiger partial charge on any atom is 0.314 e. The third-order valence-corrected chi connectivity index (χ3v) is 2.38. The molecule has 0 saturated heterocycles. The number of hydrogen-bond donors (Lipinski definition) is 0. The second-order valence-electron chi connectivity index (χ2n) is 3.69. The number of halogens is 1. The van der Waals surface area contributed by atoms with E-state index < -0.39 is 16.4 Å². The van der Waals surface area contributed by atoms with Crippen LogP contribution in [0, 0.1) is 15.9 Å². The fourth-order valence-electron chi connectivity index (χ4n) is 1.40. The largest absolute Gasteiger partial charge is 0.485 e. The summed E-state index contributed by atoms with van der Waals surface area (Å²) < 4.78 is 18.4. The third-order valence-electron chi connectivity index (χ3n) is 2.38. The Bertz CT molecular complexity index is 448. The Hall–Kier alpha value is -1.98. The molecule has 98 valence electrons. The number of nitro benzene ring substituents is 1. The standard InChI is InChI=1S/C12H14FNO4/c1-2-9(15)5-4-8-18-12-10(13)6-3-7-11(12)14(16)17/h3,6-7H,2,4-5,8H2,1H3. The van der Waals surface area contributed by atoms with Gasteiger partial charge in [-0.05, 0) is 12.5 Å². The lowest BCUT2D eigenvalue weighted by atomic mass is 10.2. The summed E-state index contributed by atoms with van der Waals surface area (Å²) in [5, 5.41) is 10.7. The van der Waals surface area contributed by atoms with Crippen molar-refractivity contribution in [3.8, 4) is 5.75 Å². The van der Waals surface area contributed by atoms with E-state index >= 15 is 0 Å². The van der Waals surface area contributed by atoms with Crippen molar-refractivity contribution in [1.29, 1.82) is 0 Å². The van der Waals surface area contributed by atoms with Gasteiger partial charge in [-0.3, -0.25) is 14.9 Å². The Kier molecular flexibility index (Phi) is 5.23. The predicted octanol–water partition coefficient (Wildman–Crippen LogP) is 2.87. The molecule has 1 aromatic rings. The van der Waals surface area contributed by atoms with Gasteiger partial charge in [0.25, 0.3) is 0 Å². The number of carbonyl (C=O) groups excluding carboxylic acids is 1. The summed E-state index contributed by atoms with van der Waals surface area (Å²) in [6.07, 6.45) is 1.19. The van der Waals surface area contributed by atoms with E-state index in [1.807, 2.05) is 0 Å². The van der Waals surface area contributed by atoms with Gasteiger partial charge in [0.2, 0.25) is 5.75 Å². The van der Waals surface area contributed by atoms with E-state index in [1.165, 1.54) is 12.1 Å². The van der Waals surface area contributed by atoms with Crippen molar-refractivity contribution in [2.24, 2.45) is 0 Å². The first-order valence-corrected chi connectivity index (χ1v) is 5.63. The summed E-state index contributed by atoms with van der Waals surface area (Å²) >= 11 is 0. The van der Waals surface area contributed by atoms with E-state index in [9.17, 15) is 19.3 Å². The number of para-hydroxylation sites is 1. The number of ether oxygens (including phenoxy) is 1. The average molecular weight is 255 g/mol. The zero-order valence-electron chi connectivity index (χ0n) is 10.0. The van der Waals surface area contributed by atoms with Crippen molar-refractivity contribution in [2.75, 3.05) is 6.61 Å².